The van der Waals surface area contributed by atoms with Gasteiger partial charge in [0, 0.05) is 11.6 Å². The molecule has 0 fully saturated rings. The first-order valence-corrected chi connectivity index (χ1v) is 3.35. The molecule has 0 saturated carbocycles. The normalized spacial score (nSPS) is 12.5. The highest BCUT2D eigenvalue weighted by atomic mass is 16.3. The standard InChI is InChI=1S/C8H15NO/c1-6(8(3)10)4-5-7(2)9/h6,10H,2-5,9H2,1H3/t6-/m0/s1. The van der Waals surface area contributed by atoms with Crippen molar-refractivity contribution in [3.8, 4) is 0 Å². The van der Waals surface area contributed by atoms with Gasteiger partial charge in [0.25, 0.3) is 0 Å². The van der Waals surface area contributed by atoms with Gasteiger partial charge in [0.2, 0.25) is 0 Å². The summed E-state index contributed by atoms with van der Waals surface area (Å²) in [6, 6.07) is 0. The summed E-state index contributed by atoms with van der Waals surface area (Å²) in [5.74, 6) is 0.349. The van der Waals surface area contributed by atoms with Crippen LogP contribution >= 0.6 is 0 Å². The molecule has 0 aromatic heterocycles. The predicted molar refractivity (Wildman–Crippen MR) is 43.5 cm³/mol. The molecule has 0 heterocycles. The van der Waals surface area contributed by atoms with E-state index in [1.165, 1.54) is 0 Å². The van der Waals surface area contributed by atoms with Crippen molar-refractivity contribution in [2.24, 2.45) is 11.7 Å². The van der Waals surface area contributed by atoms with E-state index in [1.807, 2.05) is 6.92 Å². The van der Waals surface area contributed by atoms with Crippen molar-refractivity contribution in [1.29, 1.82) is 0 Å². The fraction of sp³-hybridized carbons (Fsp3) is 0.500. The van der Waals surface area contributed by atoms with E-state index in [0.717, 1.165) is 12.8 Å². The molecular formula is C8H15NO. The highest BCUT2D eigenvalue weighted by Crippen LogP contribution is 2.13. The Morgan fingerprint density at radius 2 is 2.10 bits per heavy atom. The van der Waals surface area contributed by atoms with Gasteiger partial charge >= 0.3 is 0 Å². The number of hydrogen-bond acceptors (Lipinski definition) is 2. The number of allylic oxidation sites excluding steroid dienone is 2. The summed E-state index contributed by atoms with van der Waals surface area (Å²) in [6.45, 7) is 8.88. The van der Waals surface area contributed by atoms with E-state index in [2.05, 4.69) is 13.2 Å². The lowest BCUT2D eigenvalue weighted by Gasteiger charge is -2.07. The van der Waals surface area contributed by atoms with Crippen molar-refractivity contribution in [2.45, 2.75) is 19.8 Å². The second-order valence-electron chi connectivity index (χ2n) is 2.59. The Bertz CT molecular complexity index is 140. The molecular weight excluding hydrogens is 126 g/mol. The Labute approximate surface area is 62.0 Å². The minimum atomic E-state index is 0.125. The van der Waals surface area contributed by atoms with Gasteiger partial charge in [0.15, 0.2) is 0 Å². The van der Waals surface area contributed by atoms with Crippen molar-refractivity contribution < 1.29 is 5.11 Å². The van der Waals surface area contributed by atoms with Crippen molar-refractivity contribution in [3.05, 3.63) is 24.6 Å². The first kappa shape index (κ1) is 9.08. The molecule has 3 N–H and O–H groups in total. The third kappa shape index (κ3) is 4.01. The van der Waals surface area contributed by atoms with E-state index in [-0.39, 0.29) is 11.7 Å². The maximum atomic E-state index is 8.87. The molecule has 2 heteroatoms. The van der Waals surface area contributed by atoms with Crippen LogP contribution in [0.3, 0.4) is 0 Å². The molecule has 0 aliphatic carbocycles. The average Bonchev–Trinajstić information content (AvgIpc) is 1.82. The highest BCUT2D eigenvalue weighted by Gasteiger charge is 2.03. The number of nitrogens with two attached hydrogens (primary N) is 1. The van der Waals surface area contributed by atoms with Crippen LogP contribution in [0.2, 0.25) is 0 Å². The summed E-state index contributed by atoms with van der Waals surface area (Å²) in [6.07, 6.45) is 1.57. The minimum Gasteiger partial charge on any atom is -0.513 e. The van der Waals surface area contributed by atoms with Crippen LogP contribution < -0.4 is 5.73 Å². The third-order valence-electron chi connectivity index (χ3n) is 1.47. The molecule has 0 spiro atoms. The zero-order valence-corrected chi connectivity index (χ0v) is 6.43. The Hall–Kier alpha value is -0.920. The fourth-order valence-corrected chi connectivity index (χ4v) is 0.569. The van der Waals surface area contributed by atoms with Gasteiger partial charge in [-0.1, -0.05) is 20.1 Å². The van der Waals surface area contributed by atoms with E-state index in [0.29, 0.717) is 5.70 Å². The fourth-order valence-electron chi connectivity index (χ4n) is 0.569. The number of aliphatic hydroxyl groups is 1. The van der Waals surface area contributed by atoms with Crippen LogP contribution in [0.25, 0.3) is 0 Å². The molecule has 0 aromatic carbocycles. The van der Waals surface area contributed by atoms with Crippen LogP contribution in [0.1, 0.15) is 19.8 Å². The Morgan fingerprint density at radius 3 is 2.40 bits per heavy atom. The molecule has 0 aliphatic rings. The molecule has 10 heavy (non-hydrogen) atoms. The van der Waals surface area contributed by atoms with Crippen LogP contribution in [0, 0.1) is 5.92 Å². The van der Waals surface area contributed by atoms with E-state index in [4.69, 9.17) is 10.8 Å². The lowest BCUT2D eigenvalue weighted by atomic mass is 10.0. The smallest absolute Gasteiger partial charge is 0.0879 e. The molecule has 0 rings (SSSR count). The SMILES string of the molecule is C=C(N)CC[C@H](C)C(=C)O. The summed E-state index contributed by atoms with van der Waals surface area (Å²) in [4.78, 5) is 0. The summed E-state index contributed by atoms with van der Waals surface area (Å²) < 4.78 is 0. The van der Waals surface area contributed by atoms with Crippen molar-refractivity contribution >= 4 is 0 Å². The lowest BCUT2D eigenvalue weighted by molar-refractivity contribution is 0.334. The molecule has 0 aromatic rings. The molecule has 0 radical (unpaired) electrons. The Morgan fingerprint density at radius 1 is 1.60 bits per heavy atom. The van der Waals surface area contributed by atoms with E-state index < -0.39 is 0 Å². The monoisotopic (exact) mass is 141 g/mol. The van der Waals surface area contributed by atoms with Crippen LogP contribution in [0.15, 0.2) is 24.6 Å². The summed E-state index contributed by atoms with van der Waals surface area (Å²) >= 11 is 0. The maximum Gasteiger partial charge on any atom is 0.0879 e. The molecule has 0 aliphatic heterocycles. The van der Waals surface area contributed by atoms with Gasteiger partial charge in [-0.15, -0.1) is 0 Å². The van der Waals surface area contributed by atoms with E-state index in [1.54, 1.807) is 0 Å². The Kier molecular flexibility index (Phi) is 3.62. The topological polar surface area (TPSA) is 46.2 Å². The van der Waals surface area contributed by atoms with Crippen LogP contribution in [-0.2, 0) is 0 Å². The molecule has 1 atom stereocenters. The van der Waals surface area contributed by atoms with Gasteiger partial charge in [-0.05, 0) is 12.8 Å². The lowest BCUT2D eigenvalue weighted by Crippen LogP contribution is -2.01. The number of rotatable bonds is 4. The highest BCUT2D eigenvalue weighted by molar-refractivity contribution is 4.91. The van der Waals surface area contributed by atoms with Crippen molar-refractivity contribution in [3.63, 3.8) is 0 Å². The number of aliphatic hydroxyl groups excluding tert-OH is 1. The third-order valence-corrected chi connectivity index (χ3v) is 1.47. The van der Waals surface area contributed by atoms with Gasteiger partial charge in [-0.25, -0.2) is 0 Å². The van der Waals surface area contributed by atoms with E-state index >= 15 is 0 Å². The Balaban J connectivity index is 3.49. The van der Waals surface area contributed by atoms with Crippen LogP contribution in [-0.4, -0.2) is 5.11 Å². The molecule has 0 bridgehead atoms. The summed E-state index contributed by atoms with van der Waals surface area (Å²) in [5, 5.41) is 8.87. The average molecular weight is 141 g/mol. The van der Waals surface area contributed by atoms with Crippen molar-refractivity contribution in [2.75, 3.05) is 0 Å². The first-order valence-electron chi connectivity index (χ1n) is 3.35. The molecule has 0 saturated heterocycles. The molecule has 58 valence electrons. The largest absolute Gasteiger partial charge is 0.513 e. The summed E-state index contributed by atoms with van der Waals surface area (Å²) in [5.41, 5.74) is 6.00. The molecule has 2 nitrogen and oxygen atoms in total. The molecule has 0 amide bonds. The first-order chi connectivity index (χ1) is 4.54. The predicted octanol–water partition coefficient (Wildman–Crippen LogP) is 1.95. The second-order valence-corrected chi connectivity index (χ2v) is 2.59. The maximum absolute atomic E-state index is 8.87. The quantitative estimate of drug-likeness (QED) is 0.588. The van der Waals surface area contributed by atoms with Gasteiger partial charge in [0.05, 0.1) is 5.76 Å². The van der Waals surface area contributed by atoms with Gasteiger partial charge in [-0.2, -0.15) is 0 Å². The summed E-state index contributed by atoms with van der Waals surface area (Å²) in [7, 11) is 0. The van der Waals surface area contributed by atoms with Crippen LogP contribution in [0.5, 0.6) is 0 Å². The second kappa shape index (κ2) is 3.99. The van der Waals surface area contributed by atoms with Gasteiger partial charge < -0.3 is 10.8 Å². The van der Waals surface area contributed by atoms with E-state index in [9.17, 15) is 0 Å². The minimum absolute atomic E-state index is 0.125. The zero-order valence-electron chi connectivity index (χ0n) is 6.43. The van der Waals surface area contributed by atoms with Gasteiger partial charge in [-0.3, -0.25) is 0 Å². The van der Waals surface area contributed by atoms with Crippen LogP contribution in [0.4, 0.5) is 0 Å². The number of hydrogen-bond donors (Lipinski definition) is 2. The molecule has 0 unspecified atom stereocenters. The zero-order chi connectivity index (χ0) is 8.15. The van der Waals surface area contributed by atoms with Crippen molar-refractivity contribution in [1.82, 2.24) is 0 Å². The van der Waals surface area contributed by atoms with Gasteiger partial charge in [0.1, 0.15) is 0 Å².